The molecular formula is C19H25F3N2O3S. The third kappa shape index (κ3) is 5.98. The largest absolute Gasteiger partial charge is 0.332 e. The second-order valence-corrected chi connectivity index (χ2v) is 9.24. The van der Waals surface area contributed by atoms with Gasteiger partial charge in [0.1, 0.15) is 5.82 Å². The van der Waals surface area contributed by atoms with Gasteiger partial charge in [-0.3, -0.25) is 0 Å². The molecule has 0 spiro atoms. The predicted octanol–water partition coefficient (Wildman–Crippen LogP) is 3.89. The molecule has 1 aromatic carbocycles. The maximum Gasteiger partial charge on any atom is 0.318 e. The highest BCUT2D eigenvalue weighted by atomic mass is 32.2. The number of urea groups is 1. The normalized spacial score (nSPS) is 22.3. The van der Waals surface area contributed by atoms with Crippen LogP contribution in [0.1, 0.15) is 38.3 Å². The van der Waals surface area contributed by atoms with Crippen molar-refractivity contribution in [3.05, 3.63) is 47.1 Å². The van der Waals surface area contributed by atoms with Gasteiger partial charge in [0.25, 0.3) is 0 Å². The molecule has 2 rings (SSSR count). The number of rotatable bonds is 5. The monoisotopic (exact) mass is 418 g/mol. The number of hydrogen-bond acceptors (Lipinski definition) is 3. The first-order chi connectivity index (χ1) is 12.9. The Hall–Kier alpha value is -2.03. The van der Waals surface area contributed by atoms with Crippen molar-refractivity contribution in [2.75, 3.05) is 12.8 Å². The quantitative estimate of drug-likeness (QED) is 0.789. The summed E-state index contributed by atoms with van der Waals surface area (Å²) in [6.07, 6.45) is 2.38. The number of sulfone groups is 1. The average Bonchev–Trinajstić information content (AvgIpc) is 2.58. The molecule has 0 unspecified atom stereocenters. The molecule has 1 heterocycles. The lowest BCUT2D eigenvalue weighted by Gasteiger charge is -2.41. The van der Waals surface area contributed by atoms with E-state index < -0.39 is 45.6 Å². The molecule has 28 heavy (non-hydrogen) atoms. The van der Waals surface area contributed by atoms with Crippen LogP contribution >= 0.6 is 0 Å². The van der Waals surface area contributed by atoms with E-state index in [1.54, 1.807) is 13.0 Å². The number of halogens is 3. The molecule has 5 nitrogen and oxygen atoms in total. The first-order valence-corrected chi connectivity index (χ1v) is 10.9. The van der Waals surface area contributed by atoms with Crippen molar-refractivity contribution in [3.8, 4) is 0 Å². The summed E-state index contributed by atoms with van der Waals surface area (Å²) in [5.74, 6) is -4.46. The van der Waals surface area contributed by atoms with Crippen LogP contribution in [0.3, 0.4) is 0 Å². The molecule has 0 bridgehead atoms. The second-order valence-electron chi connectivity index (χ2n) is 7.30. The molecule has 3 atom stereocenters. The summed E-state index contributed by atoms with van der Waals surface area (Å²) in [7, 11) is -3.34. The summed E-state index contributed by atoms with van der Waals surface area (Å²) in [5.41, 5.74) is 0.186. The van der Waals surface area contributed by atoms with Gasteiger partial charge in [-0.2, -0.15) is 0 Å². The minimum Gasteiger partial charge on any atom is -0.332 e. The first-order valence-electron chi connectivity index (χ1n) is 8.96. The number of piperidine rings is 1. The number of nitrogens with one attached hydrogen (secondary N) is 1. The number of alkyl halides is 2. The van der Waals surface area contributed by atoms with Crippen LogP contribution in [0.2, 0.25) is 0 Å². The highest BCUT2D eigenvalue weighted by Crippen LogP contribution is 2.41. The van der Waals surface area contributed by atoms with Crippen LogP contribution in [-0.2, 0) is 9.84 Å². The zero-order chi connectivity index (χ0) is 21.1. The third-order valence-electron chi connectivity index (χ3n) is 4.81. The van der Waals surface area contributed by atoms with Gasteiger partial charge in [0, 0.05) is 35.7 Å². The third-order valence-corrected chi connectivity index (χ3v) is 5.46. The van der Waals surface area contributed by atoms with Gasteiger partial charge in [0.15, 0.2) is 9.84 Å². The van der Waals surface area contributed by atoms with Crippen molar-refractivity contribution in [2.45, 2.75) is 44.7 Å². The van der Waals surface area contributed by atoms with Gasteiger partial charge in [-0.1, -0.05) is 24.3 Å². The van der Waals surface area contributed by atoms with E-state index in [1.807, 2.05) is 0 Å². The maximum absolute atomic E-state index is 14.3. The molecule has 0 saturated carbocycles. The molecule has 156 valence electrons. The molecule has 2 amide bonds. The number of hydrogen-bond donors (Lipinski definition) is 1. The van der Waals surface area contributed by atoms with Crippen LogP contribution in [0.5, 0.6) is 0 Å². The van der Waals surface area contributed by atoms with Crippen molar-refractivity contribution in [2.24, 2.45) is 5.92 Å². The van der Waals surface area contributed by atoms with Gasteiger partial charge in [0.05, 0.1) is 6.04 Å². The lowest BCUT2D eigenvalue weighted by atomic mass is 9.83. The van der Waals surface area contributed by atoms with E-state index in [4.69, 9.17) is 0 Å². The van der Waals surface area contributed by atoms with Crippen LogP contribution in [0.4, 0.5) is 18.0 Å². The standard InChI is InChI=1S/C19H25F3N2O3S/c1-13(9-11-28(3,26)27)23-18(25)24-10-8-14(19(2,21)22)12-17(24)15-6-4-5-7-16(15)20/h4-7,9,11,13-14,17H,8,10,12H2,1-3H3,(H,23,25)/b11-9+/t13-,14-,17+/m0/s1. The molecule has 9 heteroatoms. The van der Waals surface area contributed by atoms with Gasteiger partial charge in [0.2, 0.25) is 5.92 Å². The average molecular weight is 418 g/mol. The number of amides is 2. The highest BCUT2D eigenvalue weighted by molar-refractivity contribution is 7.93. The molecule has 1 aromatic rings. The molecule has 1 fully saturated rings. The fourth-order valence-electron chi connectivity index (χ4n) is 3.30. The van der Waals surface area contributed by atoms with E-state index in [1.165, 1.54) is 29.2 Å². The van der Waals surface area contributed by atoms with Crippen molar-refractivity contribution in [1.82, 2.24) is 10.2 Å². The minimum absolute atomic E-state index is 0.0431. The Balaban J connectivity index is 2.24. The Bertz CT molecular complexity index is 837. The number of benzene rings is 1. The Labute approximate surface area is 163 Å². The summed E-state index contributed by atoms with van der Waals surface area (Å²) in [5, 5.41) is 3.60. The fraction of sp³-hybridized carbons (Fsp3) is 0.526. The van der Waals surface area contributed by atoms with Gasteiger partial charge >= 0.3 is 6.03 Å². The van der Waals surface area contributed by atoms with E-state index in [2.05, 4.69) is 5.32 Å². The Morgan fingerprint density at radius 3 is 2.57 bits per heavy atom. The Kier molecular flexibility index (Phi) is 6.80. The molecule has 1 saturated heterocycles. The van der Waals surface area contributed by atoms with Crippen LogP contribution in [-0.4, -0.2) is 44.1 Å². The van der Waals surface area contributed by atoms with E-state index in [0.29, 0.717) is 0 Å². The second kappa shape index (κ2) is 8.55. The molecule has 1 aliphatic heterocycles. The van der Waals surface area contributed by atoms with E-state index in [-0.39, 0.29) is 24.9 Å². The SMILES string of the molecule is C[C@@H](/C=C/S(C)(=O)=O)NC(=O)N1CC[C@H](C(C)(F)F)C[C@@H]1c1ccccc1F. The minimum atomic E-state index is -3.34. The smallest absolute Gasteiger partial charge is 0.318 e. The topological polar surface area (TPSA) is 66.5 Å². The van der Waals surface area contributed by atoms with Crippen molar-refractivity contribution < 1.29 is 26.4 Å². The van der Waals surface area contributed by atoms with Crippen molar-refractivity contribution >= 4 is 15.9 Å². The molecule has 0 aliphatic carbocycles. The highest BCUT2D eigenvalue weighted by Gasteiger charge is 2.42. The summed E-state index contributed by atoms with van der Waals surface area (Å²) in [4.78, 5) is 14.0. The van der Waals surface area contributed by atoms with Gasteiger partial charge in [-0.15, -0.1) is 0 Å². The molecule has 0 aromatic heterocycles. The number of carbonyl (C=O) groups is 1. The van der Waals surface area contributed by atoms with Gasteiger partial charge in [-0.25, -0.2) is 26.4 Å². The number of nitrogens with zero attached hydrogens (tertiary/aromatic N) is 1. The molecule has 0 radical (unpaired) electrons. The number of likely N-dealkylation sites (tertiary alicyclic amines) is 1. The van der Waals surface area contributed by atoms with Gasteiger partial charge in [-0.05, 0) is 32.8 Å². The maximum atomic E-state index is 14.3. The van der Waals surface area contributed by atoms with Crippen LogP contribution in [0, 0.1) is 11.7 Å². The molecular weight excluding hydrogens is 393 g/mol. The summed E-state index contributed by atoms with van der Waals surface area (Å²) < 4.78 is 64.5. The van der Waals surface area contributed by atoms with Crippen LogP contribution in [0.15, 0.2) is 35.7 Å². The van der Waals surface area contributed by atoms with E-state index >= 15 is 0 Å². The number of carbonyl (C=O) groups excluding carboxylic acids is 1. The zero-order valence-electron chi connectivity index (χ0n) is 16.0. The Morgan fingerprint density at radius 2 is 2.00 bits per heavy atom. The first kappa shape index (κ1) is 22.3. The van der Waals surface area contributed by atoms with Crippen LogP contribution in [0.25, 0.3) is 0 Å². The van der Waals surface area contributed by atoms with Crippen molar-refractivity contribution in [1.29, 1.82) is 0 Å². The van der Waals surface area contributed by atoms with Crippen molar-refractivity contribution in [3.63, 3.8) is 0 Å². The lowest BCUT2D eigenvalue weighted by molar-refractivity contribution is -0.0689. The van der Waals surface area contributed by atoms with Gasteiger partial charge < -0.3 is 10.2 Å². The van der Waals surface area contributed by atoms with Crippen LogP contribution < -0.4 is 5.32 Å². The summed E-state index contributed by atoms with van der Waals surface area (Å²) in [6, 6.07) is 3.82. The summed E-state index contributed by atoms with van der Waals surface area (Å²) >= 11 is 0. The lowest BCUT2D eigenvalue weighted by Crippen LogP contribution is -2.50. The fourth-order valence-corrected chi connectivity index (χ4v) is 3.82. The van der Waals surface area contributed by atoms with E-state index in [9.17, 15) is 26.4 Å². The predicted molar refractivity (Wildman–Crippen MR) is 101 cm³/mol. The Morgan fingerprint density at radius 1 is 1.36 bits per heavy atom. The molecule has 1 aliphatic rings. The zero-order valence-corrected chi connectivity index (χ0v) is 16.8. The summed E-state index contributed by atoms with van der Waals surface area (Å²) in [6.45, 7) is 2.47. The van der Waals surface area contributed by atoms with E-state index in [0.717, 1.165) is 18.6 Å². The molecule has 1 N–H and O–H groups in total.